The van der Waals surface area contributed by atoms with Crippen LogP contribution >= 0.6 is 0 Å². The molecule has 1 aromatic carbocycles. The number of nitrogens with zero attached hydrogens (tertiary/aromatic N) is 2. The fraction of sp³-hybridized carbons (Fsp3) is 0.607. The summed E-state index contributed by atoms with van der Waals surface area (Å²) >= 11 is 0. The summed E-state index contributed by atoms with van der Waals surface area (Å²) in [6, 6.07) is 7.95. The molecule has 2 unspecified atom stereocenters. The molecule has 2 bridgehead atoms. The number of carboxylic acids is 1. The van der Waals surface area contributed by atoms with Crippen molar-refractivity contribution in [2.45, 2.75) is 76.3 Å². The molecule has 3 saturated heterocycles. The third-order valence-corrected chi connectivity index (χ3v) is 8.84. The summed E-state index contributed by atoms with van der Waals surface area (Å²) in [6.45, 7) is 9.88. The first-order valence-corrected chi connectivity index (χ1v) is 13.0. The van der Waals surface area contributed by atoms with E-state index in [1.165, 1.54) is 4.90 Å². The summed E-state index contributed by atoms with van der Waals surface area (Å²) in [6.07, 6.45) is 3.70. The van der Waals surface area contributed by atoms with Gasteiger partial charge in [0.1, 0.15) is 17.6 Å². The summed E-state index contributed by atoms with van der Waals surface area (Å²) in [5.74, 6) is -3.84. The number of aliphatic hydroxyl groups is 1. The van der Waals surface area contributed by atoms with E-state index in [1.807, 2.05) is 51.1 Å². The molecule has 2 N–H and O–H groups in total. The topological polar surface area (TPSA) is 107 Å². The molecule has 3 fully saturated rings. The first-order chi connectivity index (χ1) is 17.2. The minimum atomic E-state index is -1.23. The molecule has 0 radical (unpaired) electrons. The van der Waals surface area contributed by atoms with Gasteiger partial charge in [-0.3, -0.25) is 14.4 Å². The van der Waals surface area contributed by atoms with E-state index in [2.05, 4.69) is 6.58 Å². The van der Waals surface area contributed by atoms with Gasteiger partial charge in [-0.25, -0.2) is 0 Å². The van der Waals surface area contributed by atoms with Gasteiger partial charge in [0.15, 0.2) is 0 Å². The number of fused-ring (bicyclic) bond motifs is 1. The predicted octanol–water partition coefficient (Wildman–Crippen LogP) is 2.85. The van der Waals surface area contributed by atoms with Crippen LogP contribution in [-0.2, 0) is 25.7 Å². The molecule has 8 nitrogen and oxygen atoms in total. The zero-order valence-corrected chi connectivity index (χ0v) is 21.4. The van der Waals surface area contributed by atoms with Gasteiger partial charge in [-0.2, -0.15) is 0 Å². The van der Waals surface area contributed by atoms with Gasteiger partial charge in [0.2, 0.25) is 11.8 Å². The number of benzene rings is 1. The monoisotopic (exact) mass is 498 g/mol. The van der Waals surface area contributed by atoms with Crippen molar-refractivity contribution in [3.63, 3.8) is 0 Å². The van der Waals surface area contributed by atoms with Gasteiger partial charge in [0, 0.05) is 13.1 Å². The second-order valence-corrected chi connectivity index (χ2v) is 10.5. The molecule has 3 aliphatic rings. The molecule has 36 heavy (non-hydrogen) atoms. The SMILES string of the molecule is C=CCN(Cc1ccccc1)C(=O)C1N([C@@H](CO)[C@@H](C)CC)C(=O)[C@@H]2[C@H](C(=O)O)[C@]3(CC)CCC12O3. The highest BCUT2D eigenvalue weighted by molar-refractivity contribution is 5.98. The van der Waals surface area contributed by atoms with Gasteiger partial charge in [-0.05, 0) is 30.7 Å². The lowest BCUT2D eigenvalue weighted by Gasteiger charge is -2.41. The molecule has 1 spiro atoms. The molecular weight excluding hydrogens is 460 g/mol. The van der Waals surface area contributed by atoms with Crippen molar-refractivity contribution >= 4 is 17.8 Å². The van der Waals surface area contributed by atoms with E-state index in [9.17, 15) is 24.6 Å². The number of amides is 2. The fourth-order valence-corrected chi connectivity index (χ4v) is 6.85. The third-order valence-electron chi connectivity index (χ3n) is 8.84. The second-order valence-electron chi connectivity index (χ2n) is 10.5. The smallest absolute Gasteiger partial charge is 0.310 e. The Labute approximate surface area is 212 Å². The number of ether oxygens (including phenoxy) is 1. The van der Waals surface area contributed by atoms with E-state index in [4.69, 9.17) is 4.74 Å². The number of carbonyl (C=O) groups is 3. The van der Waals surface area contributed by atoms with Gasteiger partial charge in [-0.15, -0.1) is 6.58 Å². The van der Waals surface area contributed by atoms with Crippen molar-refractivity contribution < 1.29 is 29.3 Å². The molecule has 7 atom stereocenters. The second kappa shape index (κ2) is 9.98. The maximum absolute atomic E-state index is 14.4. The van der Waals surface area contributed by atoms with E-state index >= 15 is 0 Å². The number of aliphatic carboxylic acids is 1. The molecule has 3 aliphatic heterocycles. The summed E-state index contributed by atoms with van der Waals surface area (Å²) < 4.78 is 6.62. The Morgan fingerprint density at radius 2 is 1.97 bits per heavy atom. The quantitative estimate of drug-likeness (QED) is 0.455. The zero-order valence-electron chi connectivity index (χ0n) is 21.4. The Hall–Kier alpha value is -2.71. The maximum Gasteiger partial charge on any atom is 0.310 e. The third kappa shape index (κ3) is 3.86. The van der Waals surface area contributed by atoms with Crippen LogP contribution < -0.4 is 0 Å². The van der Waals surface area contributed by atoms with Crippen LogP contribution in [0.1, 0.15) is 52.0 Å². The summed E-state index contributed by atoms with van der Waals surface area (Å²) in [7, 11) is 0. The van der Waals surface area contributed by atoms with E-state index < -0.39 is 47.0 Å². The first-order valence-electron chi connectivity index (χ1n) is 13.0. The average Bonchev–Trinajstić information content (AvgIpc) is 3.48. The van der Waals surface area contributed by atoms with Gasteiger partial charge in [-0.1, -0.05) is 63.6 Å². The first kappa shape index (κ1) is 26.4. The van der Waals surface area contributed by atoms with Crippen LogP contribution in [-0.4, -0.2) is 74.2 Å². The van der Waals surface area contributed by atoms with Crippen molar-refractivity contribution in [2.24, 2.45) is 17.8 Å². The molecule has 4 rings (SSSR count). The Balaban J connectivity index is 1.83. The zero-order chi connectivity index (χ0) is 26.3. The molecule has 0 aliphatic carbocycles. The number of rotatable bonds is 11. The molecule has 1 aromatic rings. The lowest BCUT2D eigenvalue weighted by molar-refractivity contribution is -0.161. The van der Waals surface area contributed by atoms with Gasteiger partial charge >= 0.3 is 5.97 Å². The maximum atomic E-state index is 14.4. The minimum Gasteiger partial charge on any atom is -0.481 e. The van der Waals surface area contributed by atoms with Gasteiger partial charge in [0.25, 0.3) is 0 Å². The molecule has 3 heterocycles. The van der Waals surface area contributed by atoms with E-state index in [1.54, 1.807) is 11.0 Å². The summed E-state index contributed by atoms with van der Waals surface area (Å²) in [5.41, 5.74) is -1.27. The molecule has 0 saturated carbocycles. The molecule has 0 aromatic heterocycles. The summed E-state index contributed by atoms with van der Waals surface area (Å²) in [4.78, 5) is 44.2. The van der Waals surface area contributed by atoms with E-state index in [0.717, 1.165) is 5.56 Å². The fourth-order valence-electron chi connectivity index (χ4n) is 6.85. The number of hydrogen-bond acceptors (Lipinski definition) is 5. The number of hydrogen-bond donors (Lipinski definition) is 2. The minimum absolute atomic E-state index is 0.0907. The van der Waals surface area contributed by atoms with Crippen molar-refractivity contribution in [1.29, 1.82) is 0 Å². The van der Waals surface area contributed by atoms with Crippen LogP contribution in [0.15, 0.2) is 43.0 Å². The molecule has 8 heteroatoms. The van der Waals surface area contributed by atoms with Crippen molar-refractivity contribution in [1.82, 2.24) is 9.80 Å². The Bertz CT molecular complexity index is 1010. The Morgan fingerprint density at radius 3 is 2.53 bits per heavy atom. The van der Waals surface area contributed by atoms with Crippen LogP contribution in [0.5, 0.6) is 0 Å². The van der Waals surface area contributed by atoms with Crippen LogP contribution in [0.3, 0.4) is 0 Å². The Morgan fingerprint density at radius 1 is 1.28 bits per heavy atom. The van der Waals surface area contributed by atoms with Gasteiger partial charge in [0.05, 0.1) is 24.2 Å². The number of carbonyl (C=O) groups excluding carboxylic acids is 2. The van der Waals surface area contributed by atoms with Crippen molar-refractivity contribution in [2.75, 3.05) is 13.2 Å². The lowest BCUT2D eigenvalue weighted by atomic mass is 9.65. The largest absolute Gasteiger partial charge is 0.481 e. The molecule has 2 amide bonds. The van der Waals surface area contributed by atoms with Crippen LogP contribution in [0.25, 0.3) is 0 Å². The van der Waals surface area contributed by atoms with E-state index in [0.29, 0.717) is 32.2 Å². The van der Waals surface area contributed by atoms with Crippen LogP contribution in [0, 0.1) is 17.8 Å². The number of carboxylic acid groups (broad SMARTS) is 1. The highest BCUT2D eigenvalue weighted by atomic mass is 16.5. The number of aliphatic hydroxyl groups excluding tert-OH is 1. The van der Waals surface area contributed by atoms with Gasteiger partial charge < -0.3 is 24.7 Å². The molecule has 196 valence electrons. The van der Waals surface area contributed by atoms with Crippen molar-refractivity contribution in [3.8, 4) is 0 Å². The van der Waals surface area contributed by atoms with Crippen molar-refractivity contribution in [3.05, 3.63) is 48.6 Å². The summed E-state index contributed by atoms with van der Waals surface area (Å²) in [5, 5.41) is 20.6. The van der Waals surface area contributed by atoms with Crippen LogP contribution in [0.4, 0.5) is 0 Å². The Kier molecular flexibility index (Phi) is 7.30. The number of likely N-dealkylation sites (tertiary alicyclic amines) is 1. The van der Waals surface area contributed by atoms with E-state index in [-0.39, 0.29) is 25.0 Å². The predicted molar refractivity (Wildman–Crippen MR) is 134 cm³/mol. The normalized spacial score (nSPS) is 32.3. The van der Waals surface area contributed by atoms with Crippen LogP contribution in [0.2, 0.25) is 0 Å². The standard InChI is InChI=1S/C28H38N2O6/c1-5-15-29(16-19-11-9-8-10-12-19)25(33)23-28-14-13-27(7-3,36-28)22(26(34)35)21(28)24(32)30(23)20(17-31)18(4)6-2/h5,8-12,18,20-23,31H,1,6-7,13-17H2,2-4H3,(H,34,35)/t18-,20-,21-,22+,23?,27-,28?/m0/s1. The highest BCUT2D eigenvalue weighted by Crippen LogP contribution is 2.64. The molecular formula is C28H38N2O6. The highest BCUT2D eigenvalue weighted by Gasteiger charge is 2.79. The average molecular weight is 499 g/mol. The lowest BCUT2D eigenvalue weighted by Crippen LogP contribution is -2.59.